The molecule has 7 heteroatoms. The maximum Gasteiger partial charge on any atom is 0.343 e. The van der Waals surface area contributed by atoms with Gasteiger partial charge in [0.15, 0.2) is 6.23 Å². The molecule has 0 bridgehead atoms. The smallest absolute Gasteiger partial charge is 0.343 e. The van der Waals surface area contributed by atoms with Crippen molar-refractivity contribution in [2.75, 3.05) is 7.05 Å². The minimum atomic E-state index is -0.869. The number of hydroxylamine groups is 1. The molecule has 1 amide bonds. The van der Waals surface area contributed by atoms with Crippen molar-refractivity contribution >= 4 is 17.8 Å². The molecule has 124 valence electrons. The van der Waals surface area contributed by atoms with Crippen LogP contribution in [-0.2, 0) is 24.0 Å². The number of hydrogen-bond donors (Lipinski definition) is 1. The number of benzene rings is 1. The molecular formula is C16H20N2O5. The molecule has 0 aromatic heterocycles. The first-order chi connectivity index (χ1) is 11.0. The van der Waals surface area contributed by atoms with E-state index in [1.54, 1.807) is 0 Å². The molecule has 0 spiro atoms. The third-order valence-corrected chi connectivity index (χ3v) is 3.42. The lowest BCUT2D eigenvalue weighted by atomic mass is 10.2. The van der Waals surface area contributed by atoms with Crippen LogP contribution in [0.1, 0.15) is 38.0 Å². The van der Waals surface area contributed by atoms with Gasteiger partial charge in [0.25, 0.3) is 0 Å². The van der Waals surface area contributed by atoms with Gasteiger partial charge in [-0.05, 0) is 19.9 Å². The maximum atomic E-state index is 12.0. The fourth-order valence-corrected chi connectivity index (χ4v) is 2.13. The second-order valence-corrected chi connectivity index (χ2v) is 5.46. The number of rotatable bonds is 6. The maximum absolute atomic E-state index is 12.0. The van der Waals surface area contributed by atoms with E-state index in [0.29, 0.717) is 6.04 Å². The first-order valence-corrected chi connectivity index (χ1v) is 7.40. The molecule has 23 heavy (non-hydrogen) atoms. The molecule has 0 radical (unpaired) electrons. The minimum Gasteiger partial charge on any atom is -0.442 e. The Hall–Kier alpha value is -2.41. The molecule has 0 heterocycles. The van der Waals surface area contributed by atoms with Gasteiger partial charge in [0.05, 0.1) is 0 Å². The van der Waals surface area contributed by atoms with Crippen LogP contribution in [0, 0.1) is 0 Å². The average Bonchev–Trinajstić information content (AvgIpc) is 3.35. The Morgan fingerprint density at radius 3 is 2.43 bits per heavy atom. The molecule has 1 atom stereocenters. The van der Waals surface area contributed by atoms with Crippen molar-refractivity contribution in [3.05, 3.63) is 35.9 Å². The Labute approximate surface area is 134 Å². The van der Waals surface area contributed by atoms with Gasteiger partial charge < -0.3 is 9.57 Å². The van der Waals surface area contributed by atoms with Crippen molar-refractivity contribution < 1.29 is 24.0 Å². The topological polar surface area (TPSA) is 84.9 Å². The summed E-state index contributed by atoms with van der Waals surface area (Å²) in [5.74, 6) is -2.10. The summed E-state index contributed by atoms with van der Waals surface area (Å²) in [5.41, 5.74) is 2.72. The number of esters is 1. The highest BCUT2D eigenvalue weighted by Gasteiger charge is 2.34. The number of nitrogens with one attached hydrogen (secondary N) is 1. The number of amides is 1. The highest BCUT2D eigenvalue weighted by atomic mass is 16.7. The Balaban J connectivity index is 1.96. The third kappa shape index (κ3) is 5.37. The standard InChI is InChI=1S/C16H20N2O5/c1-11(19)17-23-15(21)10-14(20)22-16(18(2)13-8-9-13)12-6-4-3-5-7-12/h3-7,13,16H,8-10H2,1-2H3,(H,17,19). The molecule has 1 saturated carbocycles. The molecule has 1 aliphatic carbocycles. The van der Waals surface area contributed by atoms with Crippen molar-refractivity contribution in [1.29, 1.82) is 0 Å². The molecule has 7 nitrogen and oxygen atoms in total. The second kappa shape index (κ2) is 7.73. The quantitative estimate of drug-likeness (QED) is 0.368. The summed E-state index contributed by atoms with van der Waals surface area (Å²) in [6, 6.07) is 9.71. The zero-order chi connectivity index (χ0) is 16.8. The van der Waals surface area contributed by atoms with E-state index >= 15 is 0 Å². The lowest BCUT2D eigenvalue weighted by molar-refractivity contribution is -0.169. The fraction of sp³-hybridized carbons (Fsp3) is 0.438. The SMILES string of the molecule is CC(=O)NOC(=O)CC(=O)OC(c1ccccc1)N(C)C1CC1. The number of nitrogens with zero attached hydrogens (tertiary/aromatic N) is 1. The van der Waals surface area contributed by atoms with E-state index in [1.807, 2.05) is 47.8 Å². The lowest BCUT2D eigenvalue weighted by Gasteiger charge is -2.28. The van der Waals surface area contributed by atoms with Crippen molar-refractivity contribution in [2.24, 2.45) is 0 Å². The number of ether oxygens (including phenoxy) is 1. The molecular weight excluding hydrogens is 300 g/mol. The Morgan fingerprint density at radius 1 is 1.22 bits per heavy atom. The van der Waals surface area contributed by atoms with Gasteiger partial charge in [-0.15, -0.1) is 0 Å². The molecule has 0 aliphatic heterocycles. The largest absolute Gasteiger partial charge is 0.442 e. The summed E-state index contributed by atoms with van der Waals surface area (Å²) in [4.78, 5) is 40.5. The molecule has 2 rings (SSSR count). The van der Waals surface area contributed by atoms with Crippen LogP contribution in [0.3, 0.4) is 0 Å². The number of hydrogen-bond acceptors (Lipinski definition) is 6. The summed E-state index contributed by atoms with van der Waals surface area (Å²) in [6.45, 7) is 1.20. The van der Waals surface area contributed by atoms with Crippen LogP contribution in [0.25, 0.3) is 0 Å². The average molecular weight is 320 g/mol. The van der Waals surface area contributed by atoms with E-state index in [-0.39, 0.29) is 0 Å². The van der Waals surface area contributed by atoms with Gasteiger partial charge in [-0.25, -0.2) is 4.79 Å². The van der Waals surface area contributed by atoms with Crippen molar-refractivity contribution in [2.45, 2.75) is 38.5 Å². The molecule has 1 aliphatic rings. The van der Waals surface area contributed by atoms with Gasteiger partial charge in [0, 0.05) is 18.5 Å². The molecule has 1 unspecified atom stereocenters. The Bertz CT molecular complexity index is 571. The van der Waals surface area contributed by atoms with Crippen LogP contribution in [0.5, 0.6) is 0 Å². The first kappa shape index (κ1) is 17.0. The van der Waals surface area contributed by atoms with Gasteiger partial charge in [0.2, 0.25) is 5.91 Å². The molecule has 1 aromatic carbocycles. The van der Waals surface area contributed by atoms with Crippen LogP contribution >= 0.6 is 0 Å². The van der Waals surface area contributed by atoms with Crippen molar-refractivity contribution in [1.82, 2.24) is 10.4 Å². The summed E-state index contributed by atoms with van der Waals surface area (Å²) < 4.78 is 5.45. The fourth-order valence-electron chi connectivity index (χ4n) is 2.13. The van der Waals surface area contributed by atoms with E-state index in [4.69, 9.17) is 4.74 Å². The van der Waals surface area contributed by atoms with E-state index < -0.39 is 30.5 Å². The second-order valence-electron chi connectivity index (χ2n) is 5.46. The zero-order valence-corrected chi connectivity index (χ0v) is 13.2. The van der Waals surface area contributed by atoms with Crippen LogP contribution in [0.15, 0.2) is 30.3 Å². The minimum absolute atomic E-state index is 0.374. The van der Waals surface area contributed by atoms with Crippen LogP contribution in [-0.4, -0.2) is 35.8 Å². The predicted molar refractivity (Wildman–Crippen MR) is 80.6 cm³/mol. The third-order valence-electron chi connectivity index (χ3n) is 3.42. The van der Waals surface area contributed by atoms with Crippen LogP contribution in [0.4, 0.5) is 0 Å². The zero-order valence-electron chi connectivity index (χ0n) is 13.2. The first-order valence-electron chi connectivity index (χ1n) is 7.40. The normalized spacial score (nSPS) is 14.9. The van der Waals surface area contributed by atoms with E-state index in [9.17, 15) is 14.4 Å². The Morgan fingerprint density at radius 2 is 1.87 bits per heavy atom. The Kier molecular flexibility index (Phi) is 5.70. The summed E-state index contributed by atoms with van der Waals surface area (Å²) in [7, 11) is 1.89. The summed E-state index contributed by atoms with van der Waals surface area (Å²) >= 11 is 0. The lowest BCUT2D eigenvalue weighted by Crippen LogP contribution is -2.32. The highest BCUT2D eigenvalue weighted by Crippen LogP contribution is 2.33. The van der Waals surface area contributed by atoms with Crippen molar-refractivity contribution in [3.63, 3.8) is 0 Å². The predicted octanol–water partition coefficient (Wildman–Crippen LogP) is 1.31. The van der Waals surface area contributed by atoms with Crippen molar-refractivity contribution in [3.8, 4) is 0 Å². The van der Waals surface area contributed by atoms with Gasteiger partial charge in [-0.2, -0.15) is 5.48 Å². The molecule has 1 fully saturated rings. The molecule has 1 aromatic rings. The van der Waals surface area contributed by atoms with Crippen LogP contribution in [0.2, 0.25) is 0 Å². The highest BCUT2D eigenvalue weighted by molar-refractivity contribution is 5.91. The van der Waals surface area contributed by atoms with Crippen LogP contribution < -0.4 is 5.48 Å². The summed E-state index contributed by atoms with van der Waals surface area (Å²) in [6.07, 6.45) is 0.997. The monoisotopic (exact) mass is 320 g/mol. The van der Waals surface area contributed by atoms with E-state index in [1.165, 1.54) is 6.92 Å². The van der Waals surface area contributed by atoms with Gasteiger partial charge in [0.1, 0.15) is 6.42 Å². The number of carbonyl (C=O) groups excluding carboxylic acids is 3. The van der Waals surface area contributed by atoms with Gasteiger partial charge in [-0.1, -0.05) is 30.3 Å². The number of carbonyl (C=O) groups is 3. The van der Waals surface area contributed by atoms with Gasteiger partial charge >= 0.3 is 11.9 Å². The molecule has 0 saturated heterocycles. The van der Waals surface area contributed by atoms with Gasteiger partial charge in [-0.3, -0.25) is 14.5 Å². The van der Waals surface area contributed by atoms with E-state index in [0.717, 1.165) is 18.4 Å². The summed E-state index contributed by atoms with van der Waals surface area (Å²) in [5, 5.41) is 0. The molecule has 1 N–H and O–H groups in total. The van der Waals surface area contributed by atoms with E-state index in [2.05, 4.69) is 4.84 Å².